The maximum absolute atomic E-state index is 12.6. The average Bonchev–Trinajstić information content (AvgIpc) is 2.98. The Morgan fingerprint density at radius 2 is 2.08 bits per heavy atom. The highest BCUT2D eigenvalue weighted by atomic mass is 32.1. The normalized spacial score (nSPS) is 19.6. The minimum absolute atomic E-state index is 0.0425. The van der Waals surface area contributed by atoms with Gasteiger partial charge in [0.25, 0.3) is 11.6 Å². The van der Waals surface area contributed by atoms with Crippen molar-refractivity contribution in [3.63, 3.8) is 0 Å². The minimum Gasteiger partial charge on any atom is -0.353 e. The van der Waals surface area contributed by atoms with Crippen LogP contribution in [-0.4, -0.2) is 35.5 Å². The van der Waals surface area contributed by atoms with Gasteiger partial charge in [0.15, 0.2) is 0 Å². The van der Waals surface area contributed by atoms with Crippen LogP contribution in [0.5, 0.6) is 0 Å². The van der Waals surface area contributed by atoms with Crippen LogP contribution < -0.4 is 10.6 Å². The van der Waals surface area contributed by atoms with Crippen LogP contribution >= 0.6 is 11.3 Å². The lowest BCUT2D eigenvalue weighted by atomic mass is 10.0. The zero-order valence-corrected chi connectivity index (χ0v) is 15.0. The summed E-state index contributed by atoms with van der Waals surface area (Å²) >= 11 is 1.65. The van der Waals surface area contributed by atoms with Crippen LogP contribution in [0, 0.1) is 10.1 Å². The van der Waals surface area contributed by atoms with E-state index in [9.17, 15) is 14.9 Å². The number of hydrogen-bond donors (Lipinski definition) is 2. The number of hydrogen-bond acceptors (Lipinski definition) is 6. The fourth-order valence-electron chi connectivity index (χ4n) is 3.27. The average molecular weight is 370 g/mol. The topological polar surface area (TPSA) is 87.5 Å². The summed E-state index contributed by atoms with van der Waals surface area (Å²) in [5.41, 5.74) is 2.86. The zero-order chi connectivity index (χ0) is 18.3. The monoisotopic (exact) mass is 370 g/mol. The SMILES string of the molecule is CN1CCc2c(sc3c2C(=O)NC(C=Cc2ccc([N+](=O)[O-])cc2)N3)C1. The first-order valence-corrected chi connectivity index (χ1v) is 9.16. The first kappa shape index (κ1) is 16.7. The molecule has 7 nitrogen and oxygen atoms in total. The molecule has 0 aliphatic carbocycles. The van der Waals surface area contributed by atoms with Gasteiger partial charge in [-0.25, -0.2) is 0 Å². The summed E-state index contributed by atoms with van der Waals surface area (Å²) < 4.78 is 0. The fourth-order valence-corrected chi connectivity index (χ4v) is 4.64. The Labute approximate surface area is 154 Å². The molecule has 8 heteroatoms. The van der Waals surface area contributed by atoms with E-state index in [1.54, 1.807) is 23.5 Å². The number of anilines is 1. The van der Waals surface area contributed by atoms with Gasteiger partial charge in [-0.3, -0.25) is 14.9 Å². The Kier molecular flexibility index (Phi) is 4.21. The molecule has 0 fully saturated rings. The molecular formula is C18H18N4O3S. The van der Waals surface area contributed by atoms with Gasteiger partial charge in [-0.1, -0.05) is 6.08 Å². The summed E-state index contributed by atoms with van der Waals surface area (Å²) in [6.07, 6.45) is 4.29. The molecule has 2 aliphatic heterocycles. The van der Waals surface area contributed by atoms with Crippen LogP contribution in [0.4, 0.5) is 10.7 Å². The molecule has 0 radical (unpaired) electrons. The van der Waals surface area contributed by atoms with Crippen molar-refractivity contribution in [3.8, 4) is 0 Å². The van der Waals surface area contributed by atoms with Gasteiger partial charge in [-0.05, 0) is 42.8 Å². The van der Waals surface area contributed by atoms with Gasteiger partial charge < -0.3 is 15.5 Å². The summed E-state index contributed by atoms with van der Waals surface area (Å²) in [6, 6.07) is 6.30. The van der Waals surface area contributed by atoms with E-state index in [2.05, 4.69) is 22.6 Å². The lowest BCUT2D eigenvalue weighted by Gasteiger charge is -2.25. The molecule has 26 heavy (non-hydrogen) atoms. The molecular weight excluding hydrogens is 352 g/mol. The van der Waals surface area contributed by atoms with Crippen LogP contribution in [0.1, 0.15) is 26.4 Å². The van der Waals surface area contributed by atoms with E-state index in [4.69, 9.17) is 0 Å². The lowest BCUT2D eigenvalue weighted by Crippen LogP contribution is -2.43. The van der Waals surface area contributed by atoms with Gasteiger partial charge in [-0.2, -0.15) is 0 Å². The summed E-state index contributed by atoms with van der Waals surface area (Å²) in [4.78, 5) is 26.4. The fraction of sp³-hybridized carbons (Fsp3) is 0.278. The Morgan fingerprint density at radius 3 is 2.81 bits per heavy atom. The molecule has 0 spiro atoms. The molecule has 1 amide bonds. The second kappa shape index (κ2) is 6.54. The summed E-state index contributed by atoms with van der Waals surface area (Å²) in [7, 11) is 2.09. The Hall–Kier alpha value is -2.71. The van der Waals surface area contributed by atoms with Crippen molar-refractivity contribution < 1.29 is 9.72 Å². The zero-order valence-electron chi connectivity index (χ0n) is 14.2. The molecule has 2 aliphatic rings. The summed E-state index contributed by atoms with van der Waals surface area (Å²) in [5.74, 6) is -0.0425. The number of nitro benzene ring substituents is 1. The second-order valence-electron chi connectivity index (χ2n) is 6.50. The molecule has 0 saturated carbocycles. The maximum atomic E-state index is 12.6. The number of likely N-dealkylation sites (N-methyl/N-ethyl adjacent to an activating group) is 1. The molecule has 1 atom stereocenters. The third-order valence-electron chi connectivity index (χ3n) is 4.63. The molecule has 2 N–H and O–H groups in total. The first-order chi connectivity index (χ1) is 12.5. The van der Waals surface area contributed by atoms with E-state index in [1.807, 2.05) is 12.2 Å². The van der Waals surface area contributed by atoms with Gasteiger partial charge in [0, 0.05) is 30.1 Å². The Morgan fingerprint density at radius 1 is 1.31 bits per heavy atom. The van der Waals surface area contributed by atoms with Crippen molar-refractivity contribution in [1.82, 2.24) is 10.2 Å². The molecule has 1 aromatic carbocycles. The van der Waals surface area contributed by atoms with Gasteiger partial charge in [0.2, 0.25) is 0 Å². The van der Waals surface area contributed by atoms with Gasteiger partial charge >= 0.3 is 0 Å². The number of fused-ring (bicyclic) bond motifs is 3. The van der Waals surface area contributed by atoms with Crippen molar-refractivity contribution in [1.29, 1.82) is 0 Å². The van der Waals surface area contributed by atoms with Crippen LogP contribution in [-0.2, 0) is 13.0 Å². The predicted molar refractivity (Wildman–Crippen MR) is 101 cm³/mol. The second-order valence-corrected chi connectivity index (χ2v) is 7.60. The van der Waals surface area contributed by atoms with Gasteiger partial charge in [-0.15, -0.1) is 11.3 Å². The summed E-state index contributed by atoms with van der Waals surface area (Å²) in [6.45, 7) is 1.85. The first-order valence-electron chi connectivity index (χ1n) is 8.34. The highest BCUT2D eigenvalue weighted by molar-refractivity contribution is 7.16. The highest BCUT2D eigenvalue weighted by Gasteiger charge is 2.31. The number of rotatable bonds is 3. The van der Waals surface area contributed by atoms with Crippen LogP contribution in [0.2, 0.25) is 0 Å². The van der Waals surface area contributed by atoms with Crippen molar-refractivity contribution in [2.75, 3.05) is 18.9 Å². The number of thiophene rings is 1. The number of nitro groups is 1. The molecule has 0 bridgehead atoms. The Balaban J connectivity index is 1.52. The molecule has 1 aromatic heterocycles. The Bertz CT molecular complexity index is 904. The molecule has 0 saturated heterocycles. The molecule has 3 heterocycles. The minimum atomic E-state index is -0.423. The number of carbonyl (C=O) groups is 1. The molecule has 134 valence electrons. The smallest absolute Gasteiger partial charge is 0.269 e. The third-order valence-corrected chi connectivity index (χ3v) is 5.78. The number of carbonyl (C=O) groups excluding carboxylic acids is 1. The van der Waals surface area contributed by atoms with E-state index in [-0.39, 0.29) is 17.8 Å². The van der Waals surface area contributed by atoms with Crippen molar-refractivity contribution in [2.45, 2.75) is 19.1 Å². The van der Waals surface area contributed by atoms with E-state index < -0.39 is 4.92 Å². The molecule has 1 unspecified atom stereocenters. The van der Waals surface area contributed by atoms with Crippen molar-refractivity contribution >= 4 is 34.0 Å². The van der Waals surface area contributed by atoms with E-state index in [1.165, 1.54) is 22.6 Å². The maximum Gasteiger partial charge on any atom is 0.269 e. The molecule has 2 aromatic rings. The summed E-state index contributed by atoms with van der Waals surface area (Å²) in [5, 5.41) is 18.0. The van der Waals surface area contributed by atoms with E-state index in [0.717, 1.165) is 35.6 Å². The quantitative estimate of drug-likeness (QED) is 0.641. The molecule has 4 rings (SSSR count). The third kappa shape index (κ3) is 3.09. The lowest BCUT2D eigenvalue weighted by molar-refractivity contribution is -0.384. The van der Waals surface area contributed by atoms with Crippen LogP contribution in [0.3, 0.4) is 0 Å². The highest BCUT2D eigenvalue weighted by Crippen LogP contribution is 2.38. The van der Waals surface area contributed by atoms with Crippen LogP contribution in [0.15, 0.2) is 30.3 Å². The van der Waals surface area contributed by atoms with Crippen molar-refractivity contribution in [2.24, 2.45) is 0 Å². The largest absolute Gasteiger partial charge is 0.353 e. The standard InChI is InChI=1S/C18H18N4O3S/c1-21-9-8-13-14(10-21)26-18-16(13)17(23)19-15(20-18)7-4-11-2-5-12(6-3-11)22(24)25/h2-7,15,20H,8-10H2,1H3,(H,19,23). The van der Waals surface area contributed by atoms with Crippen LogP contribution in [0.25, 0.3) is 6.08 Å². The van der Waals surface area contributed by atoms with Gasteiger partial charge in [0.1, 0.15) is 11.2 Å². The van der Waals surface area contributed by atoms with E-state index in [0.29, 0.717) is 0 Å². The number of benzene rings is 1. The number of nitrogens with zero attached hydrogens (tertiary/aromatic N) is 2. The van der Waals surface area contributed by atoms with E-state index >= 15 is 0 Å². The number of non-ortho nitro benzene ring substituents is 1. The number of nitrogens with one attached hydrogen (secondary N) is 2. The predicted octanol–water partition coefficient (Wildman–Crippen LogP) is 2.84. The van der Waals surface area contributed by atoms with Crippen molar-refractivity contribution in [3.05, 3.63) is 62.0 Å². The van der Waals surface area contributed by atoms with Gasteiger partial charge in [0.05, 0.1) is 10.5 Å². The number of amides is 1.